The number of anilines is 1. The Hall–Kier alpha value is -2.45. The summed E-state index contributed by atoms with van der Waals surface area (Å²) >= 11 is 0. The summed E-state index contributed by atoms with van der Waals surface area (Å²) in [5.74, 6) is 0. The van der Waals surface area contributed by atoms with Crippen molar-refractivity contribution in [1.82, 2.24) is 14.8 Å². The third kappa shape index (κ3) is 3.43. The van der Waals surface area contributed by atoms with E-state index in [2.05, 4.69) is 14.9 Å². The second-order valence-corrected chi connectivity index (χ2v) is 6.73. The van der Waals surface area contributed by atoms with Crippen LogP contribution in [0.15, 0.2) is 24.5 Å². The van der Waals surface area contributed by atoms with Gasteiger partial charge in [-0.15, -0.1) is 0 Å². The topological polar surface area (TPSA) is 103 Å². The minimum Gasteiger partial charge on any atom is -0.437 e. The Morgan fingerprint density at radius 1 is 1.50 bits per heavy atom. The van der Waals surface area contributed by atoms with Gasteiger partial charge in [0.2, 0.25) is 0 Å². The first-order valence-corrected chi connectivity index (χ1v) is 8.89. The van der Waals surface area contributed by atoms with Crippen LogP contribution in [-0.2, 0) is 0 Å². The van der Waals surface area contributed by atoms with Crippen LogP contribution in [-0.4, -0.2) is 65.5 Å². The summed E-state index contributed by atoms with van der Waals surface area (Å²) in [5.41, 5.74) is 3.41. The van der Waals surface area contributed by atoms with E-state index in [0.717, 1.165) is 48.2 Å². The number of nitrogens with one attached hydrogen (secondary N) is 3. The number of fused-ring (bicyclic) bond motifs is 1. The average Bonchev–Trinajstić information content (AvgIpc) is 3.09. The maximum absolute atomic E-state index is 9.92. The van der Waals surface area contributed by atoms with E-state index in [0.29, 0.717) is 5.57 Å². The maximum Gasteiger partial charge on any atom is 0.376 e. The van der Waals surface area contributed by atoms with Gasteiger partial charge in [-0.3, -0.25) is 0 Å². The van der Waals surface area contributed by atoms with Crippen LogP contribution < -0.4 is 4.90 Å². The Balaban J connectivity index is 2.02. The number of piperidine rings is 1. The molecule has 0 aromatic carbocycles. The van der Waals surface area contributed by atoms with Crippen molar-refractivity contribution in [2.75, 3.05) is 25.0 Å². The van der Waals surface area contributed by atoms with E-state index in [9.17, 15) is 5.02 Å². The second-order valence-electron chi connectivity index (χ2n) is 6.73. The number of rotatable bonds is 6. The molecule has 3 rings (SSSR count). The van der Waals surface area contributed by atoms with E-state index in [4.69, 9.17) is 10.8 Å². The van der Waals surface area contributed by atoms with E-state index >= 15 is 0 Å². The predicted molar refractivity (Wildman–Crippen MR) is 108 cm³/mol. The van der Waals surface area contributed by atoms with Gasteiger partial charge in [-0.2, -0.15) is 0 Å². The highest BCUT2D eigenvalue weighted by molar-refractivity contribution is 6.45. The van der Waals surface area contributed by atoms with Crippen molar-refractivity contribution in [3.63, 3.8) is 0 Å². The minimum atomic E-state index is -0.472. The van der Waals surface area contributed by atoms with Crippen LogP contribution in [0.3, 0.4) is 0 Å². The first-order chi connectivity index (χ1) is 12.6. The Kier molecular flexibility index (Phi) is 5.53. The summed E-state index contributed by atoms with van der Waals surface area (Å²) in [5, 5.41) is 25.9. The molecule has 0 saturated carbocycles. The summed E-state index contributed by atoms with van der Waals surface area (Å²) in [6.07, 6.45) is 9.85. The number of pyridine rings is 1. The SMILES string of the molecule is CB(O)N(C)[C@H]1CCCN(c2ccnc3[nH]cc(/C(C=N)=C/C=N)c23)C1. The first-order valence-electron chi connectivity index (χ1n) is 8.89. The predicted octanol–water partition coefficient (Wildman–Crippen LogP) is 2.26. The van der Waals surface area contributed by atoms with Gasteiger partial charge in [0, 0.05) is 66.2 Å². The lowest BCUT2D eigenvalue weighted by molar-refractivity contribution is 0.291. The zero-order chi connectivity index (χ0) is 18.7. The van der Waals surface area contributed by atoms with E-state index < -0.39 is 7.05 Å². The third-order valence-electron chi connectivity index (χ3n) is 5.18. The van der Waals surface area contributed by atoms with Crippen molar-refractivity contribution < 1.29 is 5.02 Å². The van der Waals surface area contributed by atoms with Crippen LogP contribution in [0.2, 0.25) is 6.82 Å². The van der Waals surface area contributed by atoms with Gasteiger partial charge in [0.15, 0.2) is 0 Å². The van der Waals surface area contributed by atoms with Crippen LogP contribution in [0.25, 0.3) is 16.6 Å². The Morgan fingerprint density at radius 3 is 3.00 bits per heavy atom. The van der Waals surface area contributed by atoms with Crippen LogP contribution in [0.1, 0.15) is 18.4 Å². The van der Waals surface area contributed by atoms with Gasteiger partial charge in [-0.1, -0.05) is 0 Å². The number of H-pyrrole nitrogens is 1. The molecule has 0 unspecified atom stereocenters. The van der Waals surface area contributed by atoms with Crippen LogP contribution in [0.5, 0.6) is 0 Å². The molecule has 1 aliphatic rings. The maximum atomic E-state index is 9.92. The van der Waals surface area contributed by atoms with Gasteiger partial charge in [-0.25, -0.2) is 4.98 Å². The molecule has 0 bridgehead atoms. The fourth-order valence-corrected chi connectivity index (χ4v) is 3.65. The van der Waals surface area contributed by atoms with Crippen molar-refractivity contribution in [1.29, 1.82) is 10.8 Å². The standard InChI is InChI=1S/C18H25BN6O/c1-19(26)24(2)14-4-3-9-25(12-14)16-6-8-22-18-17(16)15(11-23-18)13(10-21)5-7-20/h5-8,10-11,14,20-21,26H,3-4,9,12H2,1-2H3,(H,22,23)/b13-5+,20-7?,21-10?/t14-/m0/s1. The van der Waals surface area contributed by atoms with Gasteiger partial charge in [0.1, 0.15) is 5.65 Å². The van der Waals surface area contributed by atoms with E-state index in [-0.39, 0.29) is 6.04 Å². The number of hydrogen-bond donors (Lipinski definition) is 4. The Labute approximate surface area is 153 Å². The van der Waals surface area contributed by atoms with Gasteiger partial charge in [0.25, 0.3) is 0 Å². The monoisotopic (exact) mass is 352 g/mol. The highest BCUT2D eigenvalue weighted by Crippen LogP contribution is 2.33. The average molecular weight is 352 g/mol. The highest BCUT2D eigenvalue weighted by atomic mass is 16.2. The number of aromatic amines is 1. The number of likely N-dealkylation sites (N-methyl/N-ethyl adjacent to an activating group) is 1. The van der Waals surface area contributed by atoms with Crippen LogP contribution in [0, 0.1) is 10.8 Å². The normalized spacial score (nSPS) is 18.4. The molecule has 7 nitrogen and oxygen atoms in total. The van der Waals surface area contributed by atoms with Crippen molar-refractivity contribution in [3.05, 3.63) is 30.1 Å². The zero-order valence-corrected chi connectivity index (χ0v) is 15.2. The summed E-state index contributed by atoms with van der Waals surface area (Å²) in [7, 11) is 1.49. The molecule has 0 aliphatic carbocycles. The molecular formula is C18H25BN6O. The zero-order valence-electron chi connectivity index (χ0n) is 15.2. The smallest absolute Gasteiger partial charge is 0.376 e. The molecule has 1 saturated heterocycles. The third-order valence-corrected chi connectivity index (χ3v) is 5.18. The van der Waals surface area contributed by atoms with Gasteiger partial charge >= 0.3 is 7.05 Å². The molecule has 3 heterocycles. The van der Waals surface area contributed by atoms with Crippen molar-refractivity contribution in [2.45, 2.75) is 25.7 Å². The summed E-state index contributed by atoms with van der Waals surface area (Å²) in [4.78, 5) is 12.0. The molecule has 0 spiro atoms. The molecule has 4 N–H and O–H groups in total. The minimum absolute atomic E-state index is 0.286. The fraction of sp³-hybridized carbons (Fsp3) is 0.389. The molecule has 8 heteroatoms. The van der Waals surface area contributed by atoms with Crippen LogP contribution >= 0.6 is 0 Å². The van der Waals surface area contributed by atoms with Crippen molar-refractivity contribution in [2.24, 2.45) is 0 Å². The van der Waals surface area contributed by atoms with Gasteiger partial charge < -0.3 is 30.5 Å². The largest absolute Gasteiger partial charge is 0.437 e. The molecule has 2 aromatic heterocycles. The quantitative estimate of drug-likeness (QED) is 0.473. The summed E-state index contributed by atoms with van der Waals surface area (Å²) in [6, 6.07) is 2.30. The van der Waals surface area contributed by atoms with Crippen LogP contribution in [0.4, 0.5) is 5.69 Å². The lowest BCUT2D eigenvalue weighted by Gasteiger charge is -2.39. The first kappa shape index (κ1) is 18.3. The second kappa shape index (κ2) is 7.84. The molecule has 1 fully saturated rings. The van der Waals surface area contributed by atoms with Crippen molar-refractivity contribution >= 4 is 41.8 Å². The Morgan fingerprint density at radius 2 is 2.31 bits per heavy atom. The van der Waals surface area contributed by atoms with E-state index in [1.807, 2.05) is 24.1 Å². The molecule has 0 amide bonds. The van der Waals surface area contributed by atoms with Gasteiger partial charge in [0.05, 0.1) is 0 Å². The molecule has 0 radical (unpaired) electrons. The lowest BCUT2D eigenvalue weighted by atomic mass is 9.82. The lowest BCUT2D eigenvalue weighted by Crippen LogP contribution is -2.51. The molecule has 136 valence electrons. The number of hydrogen-bond acceptors (Lipinski definition) is 6. The molecule has 2 aromatic rings. The Bertz CT molecular complexity index is 830. The molecule has 26 heavy (non-hydrogen) atoms. The molecule has 1 aliphatic heterocycles. The number of nitrogens with zero attached hydrogens (tertiary/aromatic N) is 3. The fourth-order valence-electron chi connectivity index (χ4n) is 3.65. The van der Waals surface area contributed by atoms with E-state index in [1.54, 1.807) is 19.1 Å². The summed E-state index contributed by atoms with van der Waals surface area (Å²) < 4.78 is 0. The summed E-state index contributed by atoms with van der Waals surface area (Å²) in [6.45, 7) is 3.58. The van der Waals surface area contributed by atoms with Crippen molar-refractivity contribution in [3.8, 4) is 0 Å². The number of aromatic nitrogens is 2. The number of allylic oxidation sites excluding steroid dienone is 2. The van der Waals surface area contributed by atoms with E-state index in [1.165, 1.54) is 12.4 Å². The molecule has 1 atom stereocenters. The highest BCUT2D eigenvalue weighted by Gasteiger charge is 2.28. The van der Waals surface area contributed by atoms with Gasteiger partial charge in [-0.05, 0) is 38.9 Å². The molecular weight excluding hydrogens is 327 g/mol.